The summed E-state index contributed by atoms with van der Waals surface area (Å²) in [5, 5.41) is 6.49. The Bertz CT molecular complexity index is 547. The minimum absolute atomic E-state index is 0.183. The van der Waals surface area contributed by atoms with E-state index in [0.717, 1.165) is 35.2 Å². The van der Waals surface area contributed by atoms with Crippen molar-refractivity contribution in [2.45, 2.75) is 90.1 Å². The Morgan fingerprint density at radius 3 is 1.55 bits per heavy atom. The molecule has 4 aliphatic rings. The zero-order valence-corrected chi connectivity index (χ0v) is 19.1. The monoisotopic (exact) mass is 420 g/mol. The molecule has 0 aromatic heterocycles. The molecule has 0 heterocycles. The van der Waals surface area contributed by atoms with Crippen molar-refractivity contribution in [1.82, 2.24) is 10.6 Å². The molecule has 0 aromatic rings. The normalized spacial score (nSPS) is 36.9. The van der Waals surface area contributed by atoms with E-state index in [1.807, 2.05) is 0 Å². The first-order chi connectivity index (χ1) is 14.0. The van der Waals surface area contributed by atoms with Crippen LogP contribution in [0.4, 0.5) is 0 Å². The van der Waals surface area contributed by atoms with Gasteiger partial charge in [-0.3, -0.25) is 9.59 Å². The summed E-state index contributed by atoms with van der Waals surface area (Å²) in [6.45, 7) is 4.39. The van der Waals surface area contributed by atoms with Gasteiger partial charge < -0.3 is 10.6 Å². The van der Waals surface area contributed by atoms with Crippen LogP contribution in [0.3, 0.4) is 0 Å². The van der Waals surface area contributed by atoms with Gasteiger partial charge in [0, 0.05) is 36.4 Å². The Kier molecular flexibility index (Phi) is 7.14. The van der Waals surface area contributed by atoms with Crippen LogP contribution in [0.25, 0.3) is 0 Å². The van der Waals surface area contributed by atoms with Crippen LogP contribution in [-0.4, -0.2) is 35.4 Å². The van der Waals surface area contributed by atoms with Gasteiger partial charge in [-0.2, -0.15) is 11.8 Å². The van der Waals surface area contributed by atoms with E-state index < -0.39 is 0 Å². The predicted molar refractivity (Wildman–Crippen MR) is 120 cm³/mol. The highest BCUT2D eigenvalue weighted by molar-refractivity contribution is 7.99. The molecule has 4 nitrogen and oxygen atoms in total. The molecule has 4 aliphatic carbocycles. The lowest BCUT2D eigenvalue weighted by atomic mass is 9.84. The van der Waals surface area contributed by atoms with Crippen LogP contribution in [-0.2, 0) is 9.59 Å². The highest BCUT2D eigenvalue weighted by atomic mass is 32.2. The quantitative estimate of drug-likeness (QED) is 0.516. The molecular formula is C24H40N2O2S. The molecule has 2 N–H and O–H groups in total. The number of thioether (sulfide) groups is 1. The molecule has 8 atom stereocenters. The number of carbonyl (C=O) groups excluding carboxylic acids is 2. The summed E-state index contributed by atoms with van der Waals surface area (Å²) in [5.74, 6) is 6.95. The van der Waals surface area contributed by atoms with Crippen LogP contribution in [0.15, 0.2) is 0 Å². The molecule has 29 heavy (non-hydrogen) atoms. The van der Waals surface area contributed by atoms with E-state index in [9.17, 15) is 9.59 Å². The molecule has 164 valence electrons. The van der Waals surface area contributed by atoms with E-state index in [0.29, 0.717) is 36.8 Å². The number of rotatable bonds is 10. The van der Waals surface area contributed by atoms with E-state index in [1.54, 1.807) is 11.8 Å². The van der Waals surface area contributed by atoms with Crippen molar-refractivity contribution in [2.75, 3.05) is 11.5 Å². The number of nitrogens with one attached hydrogen (secondary N) is 2. The van der Waals surface area contributed by atoms with Crippen molar-refractivity contribution in [1.29, 1.82) is 0 Å². The first kappa shape index (κ1) is 21.5. The van der Waals surface area contributed by atoms with Crippen LogP contribution in [0.2, 0.25) is 0 Å². The maximum atomic E-state index is 12.3. The summed E-state index contributed by atoms with van der Waals surface area (Å²) in [6.07, 6.45) is 12.1. The third kappa shape index (κ3) is 5.32. The van der Waals surface area contributed by atoms with Gasteiger partial charge in [0.25, 0.3) is 0 Å². The highest BCUT2D eigenvalue weighted by Crippen LogP contribution is 2.50. The van der Waals surface area contributed by atoms with Gasteiger partial charge in [0.05, 0.1) is 0 Å². The van der Waals surface area contributed by atoms with Crippen molar-refractivity contribution in [3.8, 4) is 0 Å². The minimum Gasteiger partial charge on any atom is -0.353 e. The largest absolute Gasteiger partial charge is 0.353 e. The molecule has 4 saturated carbocycles. The zero-order chi connectivity index (χ0) is 20.4. The fraction of sp³-hybridized carbons (Fsp3) is 0.917. The lowest BCUT2D eigenvalue weighted by molar-refractivity contribution is -0.122. The number of hydrogen-bond donors (Lipinski definition) is 2. The average Bonchev–Trinajstić information content (AvgIpc) is 3.48. The van der Waals surface area contributed by atoms with Crippen molar-refractivity contribution in [2.24, 2.45) is 35.5 Å². The molecule has 2 amide bonds. The second kappa shape index (κ2) is 9.62. The van der Waals surface area contributed by atoms with Crippen LogP contribution < -0.4 is 10.6 Å². The Labute approximate surface area is 181 Å². The van der Waals surface area contributed by atoms with Crippen LogP contribution in [0, 0.1) is 35.5 Å². The predicted octanol–water partition coefficient (Wildman–Crippen LogP) is 4.38. The molecule has 4 rings (SSSR count). The number of carbonyl (C=O) groups is 2. The molecule has 4 bridgehead atoms. The fourth-order valence-electron chi connectivity index (χ4n) is 7.11. The molecule has 0 spiro atoms. The second-order valence-electron chi connectivity index (χ2n) is 10.5. The first-order valence-corrected chi connectivity index (χ1v) is 13.3. The van der Waals surface area contributed by atoms with E-state index in [4.69, 9.17) is 0 Å². The molecular weight excluding hydrogens is 380 g/mol. The average molecular weight is 421 g/mol. The van der Waals surface area contributed by atoms with Gasteiger partial charge in [0.1, 0.15) is 0 Å². The Balaban J connectivity index is 1.04. The third-order valence-corrected chi connectivity index (χ3v) is 9.58. The molecule has 0 radical (unpaired) electrons. The summed E-state index contributed by atoms with van der Waals surface area (Å²) in [7, 11) is 0. The van der Waals surface area contributed by atoms with Crippen molar-refractivity contribution < 1.29 is 9.59 Å². The summed E-state index contributed by atoms with van der Waals surface area (Å²) in [5.41, 5.74) is 0. The van der Waals surface area contributed by atoms with Gasteiger partial charge in [0.15, 0.2) is 0 Å². The first-order valence-electron chi connectivity index (χ1n) is 12.2. The smallest absolute Gasteiger partial charge is 0.221 e. The van der Waals surface area contributed by atoms with Crippen molar-refractivity contribution >= 4 is 23.6 Å². The number of fused-ring (bicyclic) bond motifs is 4. The van der Waals surface area contributed by atoms with E-state index in [1.165, 1.54) is 51.4 Å². The summed E-state index contributed by atoms with van der Waals surface area (Å²) >= 11 is 1.73. The summed E-state index contributed by atoms with van der Waals surface area (Å²) in [4.78, 5) is 24.5. The van der Waals surface area contributed by atoms with Crippen molar-refractivity contribution in [3.63, 3.8) is 0 Å². The Hall–Kier alpha value is -0.710. The van der Waals surface area contributed by atoms with Gasteiger partial charge in [-0.1, -0.05) is 12.8 Å². The van der Waals surface area contributed by atoms with E-state index in [-0.39, 0.29) is 11.8 Å². The van der Waals surface area contributed by atoms with Crippen LogP contribution >= 0.6 is 11.8 Å². The van der Waals surface area contributed by atoms with Crippen molar-refractivity contribution in [3.05, 3.63) is 0 Å². The highest BCUT2D eigenvalue weighted by Gasteiger charge is 2.43. The third-order valence-electron chi connectivity index (χ3n) is 8.59. The van der Waals surface area contributed by atoms with Gasteiger partial charge in [0.2, 0.25) is 11.8 Å². The molecule has 4 fully saturated rings. The van der Waals surface area contributed by atoms with Crippen LogP contribution in [0.5, 0.6) is 0 Å². The molecule has 0 aromatic carbocycles. The fourth-order valence-corrected chi connectivity index (χ4v) is 7.97. The summed E-state index contributed by atoms with van der Waals surface area (Å²) < 4.78 is 0. The van der Waals surface area contributed by atoms with Crippen LogP contribution in [0.1, 0.15) is 78.1 Å². The van der Waals surface area contributed by atoms with Gasteiger partial charge in [-0.05, 0) is 87.9 Å². The summed E-state index contributed by atoms with van der Waals surface area (Å²) in [6, 6.07) is 0.641. The molecule has 0 saturated heterocycles. The molecule has 5 heteroatoms. The SMILES string of the molecule is C[C@H](NC(=O)CCSCCC(=O)N[C@@H](C)[C@H]1C[C@@H]2CC[C@@H]1C2)[C@@H]1C[C@@H]2CC[C@@H]1C2. The Morgan fingerprint density at radius 2 is 1.21 bits per heavy atom. The zero-order valence-electron chi connectivity index (χ0n) is 18.3. The topological polar surface area (TPSA) is 58.2 Å². The second-order valence-corrected chi connectivity index (χ2v) is 11.7. The number of hydrogen-bond acceptors (Lipinski definition) is 3. The van der Waals surface area contributed by atoms with E-state index >= 15 is 0 Å². The standard InChI is InChI=1S/C24H40N2O2S/c1-15(21-13-17-3-5-19(21)11-17)25-23(27)7-9-29-10-8-24(28)26-16(2)22-14-18-4-6-20(22)12-18/h15-22H,3-14H2,1-2H3,(H,25,27)(H,26,28)/t15-,16-,17+,18+,19+,20+,21-,22+/m0/s1. The van der Waals surface area contributed by atoms with Gasteiger partial charge >= 0.3 is 0 Å². The number of amides is 2. The van der Waals surface area contributed by atoms with Gasteiger partial charge in [-0.15, -0.1) is 0 Å². The molecule has 0 aliphatic heterocycles. The molecule has 0 unspecified atom stereocenters. The maximum absolute atomic E-state index is 12.3. The Morgan fingerprint density at radius 1 is 0.759 bits per heavy atom. The van der Waals surface area contributed by atoms with E-state index in [2.05, 4.69) is 24.5 Å². The maximum Gasteiger partial charge on any atom is 0.221 e. The minimum atomic E-state index is 0.183. The lowest BCUT2D eigenvalue weighted by Gasteiger charge is -2.28. The van der Waals surface area contributed by atoms with Gasteiger partial charge in [-0.25, -0.2) is 0 Å². The lowest BCUT2D eigenvalue weighted by Crippen LogP contribution is -2.40.